The van der Waals surface area contributed by atoms with Crippen molar-refractivity contribution in [3.8, 4) is 0 Å². The van der Waals surface area contributed by atoms with E-state index in [4.69, 9.17) is 9.47 Å². The molecule has 1 aliphatic heterocycles. The maximum Gasteiger partial charge on any atom is 0.308 e. The number of aliphatic carboxylic acids is 1. The highest BCUT2D eigenvalue weighted by molar-refractivity contribution is 5.90. The summed E-state index contributed by atoms with van der Waals surface area (Å²) < 4.78 is 11.5. The number of carboxylic acids is 1. The van der Waals surface area contributed by atoms with E-state index in [0.717, 1.165) is 12.8 Å². The fourth-order valence-corrected chi connectivity index (χ4v) is 6.04. The largest absolute Gasteiger partial charge is 0.481 e. The molecule has 8 atom stereocenters. The first-order valence-electron chi connectivity index (χ1n) is 15.0. The van der Waals surface area contributed by atoms with E-state index in [9.17, 15) is 24.3 Å². The van der Waals surface area contributed by atoms with Crippen molar-refractivity contribution < 1.29 is 33.8 Å². The lowest BCUT2D eigenvalue weighted by Crippen LogP contribution is -2.59. The molecule has 0 aromatic rings. The molecule has 0 bridgehead atoms. The lowest BCUT2D eigenvalue weighted by Gasteiger charge is -2.41. The number of likely N-dealkylation sites (N-methyl/N-ethyl adjacent to an activating group) is 2. The maximum absolute atomic E-state index is 13.9. The van der Waals surface area contributed by atoms with Gasteiger partial charge in [0, 0.05) is 27.8 Å². The summed E-state index contributed by atoms with van der Waals surface area (Å²) in [4.78, 5) is 55.7. The molecule has 41 heavy (non-hydrogen) atoms. The van der Waals surface area contributed by atoms with E-state index in [0.29, 0.717) is 13.0 Å². The number of hydrogen-bond donors (Lipinski definition) is 3. The monoisotopic (exact) mass is 584 g/mol. The van der Waals surface area contributed by atoms with Crippen LogP contribution < -0.4 is 10.6 Å². The van der Waals surface area contributed by atoms with E-state index in [1.807, 2.05) is 41.5 Å². The first-order valence-corrected chi connectivity index (χ1v) is 15.0. The normalized spacial score (nSPS) is 20.7. The standard InChI is InChI=1S/C30H56N4O7/c1-12-19(6)26(33(9)29(37)25(18(4)5)32-28(36)24(31-8)17(2)3)22(40-10)16-23(35)34-15-13-14-21(34)27(41-11)20(7)30(38)39/h17-22,24-27,31H,12-16H2,1-11H3,(H,32,36)(H,38,39)/t19-,20+,21-,22+,24-,25-,26-,27+/m0/s1. The predicted molar refractivity (Wildman–Crippen MR) is 158 cm³/mol. The summed E-state index contributed by atoms with van der Waals surface area (Å²) in [6, 6.07) is -1.96. The number of likely N-dealkylation sites (tertiary alicyclic amines) is 1. The van der Waals surface area contributed by atoms with Crippen LogP contribution in [0, 0.1) is 23.7 Å². The Labute approximate surface area is 247 Å². The van der Waals surface area contributed by atoms with Gasteiger partial charge in [0.2, 0.25) is 17.7 Å². The molecule has 1 aliphatic rings. The van der Waals surface area contributed by atoms with Crippen LogP contribution in [0.4, 0.5) is 0 Å². The first-order chi connectivity index (χ1) is 19.2. The average molecular weight is 585 g/mol. The summed E-state index contributed by atoms with van der Waals surface area (Å²) in [5.41, 5.74) is 0. The van der Waals surface area contributed by atoms with Crippen LogP contribution in [0.25, 0.3) is 0 Å². The Morgan fingerprint density at radius 2 is 1.59 bits per heavy atom. The number of carbonyl (C=O) groups excluding carboxylic acids is 3. The van der Waals surface area contributed by atoms with Gasteiger partial charge in [0.15, 0.2) is 0 Å². The summed E-state index contributed by atoms with van der Waals surface area (Å²) in [7, 11) is 6.46. The third-order valence-corrected chi connectivity index (χ3v) is 8.73. The van der Waals surface area contributed by atoms with Crippen LogP contribution in [-0.4, -0.2) is 110 Å². The molecule has 0 spiro atoms. The van der Waals surface area contributed by atoms with E-state index in [1.54, 1.807) is 37.9 Å². The molecule has 3 amide bonds. The Hall–Kier alpha value is -2.24. The van der Waals surface area contributed by atoms with E-state index < -0.39 is 42.2 Å². The molecule has 1 fully saturated rings. The van der Waals surface area contributed by atoms with Gasteiger partial charge in [-0.2, -0.15) is 0 Å². The van der Waals surface area contributed by atoms with Gasteiger partial charge >= 0.3 is 5.97 Å². The maximum atomic E-state index is 13.9. The quantitative estimate of drug-likeness (QED) is 0.237. The molecule has 1 heterocycles. The highest BCUT2D eigenvalue weighted by atomic mass is 16.5. The number of nitrogens with one attached hydrogen (secondary N) is 2. The number of methoxy groups -OCH3 is 2. The van der Waals surface area contributed by atoms with E-state index in [1.165, 1.54) is 7.11 Å². The van der Waals surface area contributed by atoms with Crippen LogP contribution in [-0.2, 0) is 28.7 Å². The summed E-state index contributed by atoms with van der Waals surface area (Å²) >= 11 is 0. The van der Waals surface area contributed by atoms with Crippen molar-refractivity contribution in [2.24, 2.45) is 23.7 Å². The summed E-state index contributed by atoms with van der Waals surface area (Å²) in [6.45, 7) is 13.8. The summed E-state index contributed by atoms with van der Waals surface area (Å²) in [5, 5.41) is 15.6. The second-order valence-corrected chi connectivity index (χ2v) is 12.2. The van der Waals surface area contributed by atoms with E-state index in [-0.39, 0.29) is 47.9 Å². The van der Waals surface area contributed by atoms with Gasteiger partial charge in [0.25, 0.3) is 0 Å². The molecular weight excluding hydrogens is 528 g/mol. The minimum atomic E-state index is -0.968. The summed E-state index contributed by atoms with van der Waals surface area (Å²) in [5.74, 6) is -2.48. The topological polar surface area (TPSA) is 138 Å². The first kappa shape index (κ1) is 36.8. The van der Waals surface area contributed by atoms with Crippen LogP contribution in [0.3, 0.4) is 0 Å². The number of amides is 3. The van der Waals surface area contributed by atoms with Crippen molar-refractivity contribution in [1.29, 1.82) is 0 Å². The van der Waals surface area contributed by atoms with Gasteiger partial charge in [-0.3, -0.25) is 19.2 Å². The molecule has 11 heteroatoms. The predicted octanol–water partition coefficient (Wildman–Crippen LogP) is 2.38. The second-order valence-electron chi connectivity index (χ2n) is 12.2. The van der Waals surface area contributed by atoms with Crippen molar-refractivity contribution in [3.63, 3.8) is 0 Å². The summed E-state index contributed by atoms with van der Waals surface area (Å²) in [6.07, 6.45) is 0.968. The number of nitrogens with zero attached hydrogens (tertiary/aromatic N) is 2. The van der Waals surface area contributed by atoms with Crippen molar-refractivity contribution in [3.05, 3.63) is 0 Å². The zero-order valence-electron chi connectivity index (χ0n) is 27.1. The Kier molecular flexibility index (Phi) is 15.3. The zero-order valence-corrected chi connectivity index (χ0v) is 27.1. The van der Waals surface area contributed by atoms with Gasteiger partial charge in [-0.1, -0.05) is 48.0 Å². The van der Waals surface area contributed by atoms with E-state index >= 15 is 0 Å². The molecule has 0 unspecified atom stereocenters. The van der Waals surface area contributed by atoms with Gasteiger partial charge in [-0.15, -0.1) is 0 Å². The van der Waals surface area contributed by atoms with Crippen LogP contribution in [0.15, 0.2) is 0 Å². The molecule has 1 saturated heterocycles. The van der Waals surface area contributed by atoms with Gasteiger partial charge in [-0.05, 0) is 44.6 Å². The van der Waals surface area contributed by atoms with Crippen molar-refractivity contribution in [2.75, 3.05) is 34.9 Å². The third kappa shape index (κ3) is 9.38. The number of ether oxygens (including phenoxy) is 2. The Morgan fingerprint density at radius 3 is 2.02 bits per heavy atom. The molecule has 0 aromatic carbocycles. The van der Waals surface area contributed by atoms with Crippen molar-refractivity contribution >= 4 is 23.7 Å². The molecule has 0 aromatic heterocycles. The minimum Gasteiger partial charge on any atom is -0.481 e. The zero-order chi connectivity index (χ0) is 31.6. The minimum absolute atomic E-state index is 0.000865. The molecular formula is C30H56N4O7. The smallest absolute Gasteiger partial charge is 0.308 e. The van der Waals surface area contributed by atoms with Crippen molar-refractivity contribution in [1.82, 2.24) is 20.4 Å². The average Bonchev–Trinajstić information content (AvgIpc) is 3.40. The van der Waals surface area contributed by atoms with Gasteiger partial charge in [0.1, 0.15) is 6.04 Å². The molecule has 3 N–H and O–H groups in total. The lowest BCUT2D eigenvalue weighted by molar-refractivity contribution is -0.152. The molecule has 0 radical (unpaired) electrons. The van der Waals surface area contributed by atoms with Gasteiger partial charge in [-0.25, -0.2) is 0 Å². The van der Waals surface area contributed by atoms with E-state index in [2.05, 4.69) is 10.6 Å². The van der Waals surface area contributed by atoms with Crippen LogP contribution in [0.2, 0.25) is 0 Å². The Balaban J connectivity index is 3.24. The van der Waals surface area contributed by atoms with Crippen molar-refractivity contribution in [2.45, 2.75) is 111 Å². The number of rotatable bonds is 17. The Morgan fingerprint density at radius 1 is 1.00 bits per heavy atom. The third-order valence-electron chi connectivity index (χ3n) is 8.73. The number of hydrogen-bond acceptors (Lipinski definition) is 7. The fraction of sp³-hybridized carbons (Fsp3) is 0.867. The fourth-order valence-electron chi connectivity index (χ4n) is 6.04. The highest BCUT2D eigenvalue weighted by Crippen LogP contribution is 2.29. The van der Waals surface area contributed by atoms with Gasteiger partial charge < -0.3 is 35.0 Å². The molecule has 238 valence electrons. The number of carboxylic acid groups (broad SMARTS) is 1. The molecule has 0 aliphatic carbocycles. The highest BCUT2D eigenvalue weighted by Gasteiger charge is 2.43. The molecule has 1 rings (SSSR count). The number of carbonyl (C=O) groups is 4. The SMILES string of the molecule is CC[C@H](C)[C@@H]([C@@H](CC(=O)N1CCC[C@H]1[C@H](OC)[C@@H](C)C(=O)O)OC)N(C)C(=O)[C@@H](NC(=O)[C@@H](NC)C(C)C)C(C)C. The Bertz CT molecular complexity index is 868. The van der Waals surface area contributed by atoms with Crippen LogP contribution >= 0.6 is 0 Å². The van der Waals surface area contributed by atoms with Crippen LogP contribution in [0.5, 0.6) is 0 Å². The molecule has 0 saturated carbocycles. The van der Waals surface area contributed by atoms with Crippen LogP contribution in [0.1, 0.15) is 74.1 Å². The molecule has 11 nitrogen and oxygen atoms in total. The lowest BCUT2D eigenvalue weighted by atomic mass is 9.89. The second kappa shape index (κ2) is 17.0. The van der Waals surface area contributed by atoms with Gasteiger partial charge in [0.05, 0.1) is 42.7 Å².